The van der Waals surface area contributed by atoms with Gasteiger partial charge in [-0.15, -0.1) is 0 Å². The lowest BCUT2D eigenvalue weighted by Crippen LogP contribution is -2.38. The van der Waals surface area contributed by atoms with Crippen LogP contribution >= 0.6 is 11.6 Å². The third kappa shape index (κ3) is 4.71. The van der Waals surface area contributed by atoms with Crippen molar-refractivity contribution in [3.05, 3.63) is 64.7 Å². The van der Waals surface area contributed by atoms with Crippen molar-refractivity contribution in [2.45, 2.75) is 18.7 Å². The number of nitrogens with one attached hydrogen (secondary N) is 1. The summed E-state index contributed by atoms with van der Waals surface area (Å²) in [5.74, 6) is -0.730. The van der Waals surface area contributed by atoms with Crippen molar-refractivity contribution in [2.75, 3.05) is 23.3 Å². The fraction of sp³-hybridized carbons (Fsp3) is 0.238. The monoisotopic (exact) mass is 480 g/mol. The fourth-order valence-corrected chi connectivity index (χ4v) is 5.21. The standard InChI is InChI=1S/C21H22ClFN4O4S/c1-13-21(14(2)26(3)25-13)32(29,30)27(16-6-8-17(31-4)9-7-16)12-20(28)24-15-5-10-19(23)18(22)11-15/h5-11H,12H2,1-4H3,(H,24,28). The van der Waals surface area contributed by atoms with Crippen LogP contribution in [0, 0.1) is 19.7 Å². The van der Waals surface area contributed by atoms with Gasteiger partial charge in [-0.05, 0) is 56.3 Å². The molecular weight excluding hydrogens is 459 g/mol. The van der Waals surface area contributed by atoms with Crippen molar-refractivity contribution < 1.29 is 22.3 Å². The second-order valence-electron chi connectivity index (χ2n) is 7.01. The molecule has 1 amide bonds. The molecule has 170 valence electrons. The smallest absolute Gasteiger partial charge is 0.268 e. The van der Waals surface area contributed by atoms with Gasteiger partial charge in [0.15, 0.2) is 0 Å². The second-order valence-corrected chi connectivity index (χ2v) is 9.22. The van der Waals surface area contributed by atoms with Crippen LogP contribution in [0.2, 0.25) is 5.02 Å². The zero-order valence-corrected chi connectivity index (χ0v) is 19.5. The normalized spacial score (nSPS) is 11.3. The Bertz CT molecular complexity index is 1260. The van der Waals surface area contributed by atoms with Crippen molar-refractivity contribution >= 4 is 38.9 Å². The van der Waals surface area contributed by atoms with Gasteiger partial charge in [-0.2, -0.15) is 5.10 Å². The molecule has 0 aliphatic heterocycles. The number of sulfonamides is 1. The van der Waals surface area contributed by atoms with E-state index in [9.17, 15) is 17.6 Å². The van der Waals surface area contributed by atoms with Crippen LogP contribution in [0.1, 0.15) is 11.4 Å². The number of aryl methyl sites for hydroxylation is 2. The van der Waals surface area contributed by atoms with Crippen LogP contribution in [0.5, 0.6) is 5.75 Å². The van der Waals surface area contributed by atoms with Gasteiger partial charge in [0.25, 0.3) is 10.0 Å². The molecule has 0 aliphatic carbocycles. The summed E-state index contributed by atoms with van der Waals surface area (Å²) in [5, 5.41) is 6.57. The predicted molar refractivity (Wildman–Crippen MR) is 120 cm³/mol. The third-order valence-electron chi connectivity index (χ3n) is 4.84. The van der Waals surface area contributed by atoms with Crippen LogP contribution in [0.3, 0.4) is 0 Å². The number of ether oxygens (including phenoxy) is 1. The Kier molecular flexibility index (Phi) is 6.75. The van der Waals surface area contributed by atoms with E-state index >= 15 is 0 Å². The number of halogens is 2. The lowest BCUT2D eigenvalue weighted by Gasteiger charge is -2.24. The number of nitrogens with zero attached hydrogens (tertiary/aromatic N) is 3. The maximum atomic E-state index is 13.6. The number of hydrogen-bond acceptors (Lipinski definition) is 5. The molecular formula is C21H22ClFN4O4S. The molecule has 11 heteroatoms. The molecule has 0 aliphatic rings. The number of carbonyl (C=O) groups excluding carboxylic acids is 1. The van der Waals surface area contributed by atoms with E-state index in [1.807, 2.05) is 0 Å². The highest BCUT2D eigenvalue weighted by molar-refractivity contribution is 7.93. The lowest BCUT2D eigenvalue weighted by molar-refractivity contribution is -0.114. The Morgan fingerprint density at radius 1 is 1.22 bits per heavy atom. The number of anilines is 2. The molecule has 0 saturated carbocycles. The zero-order valence-electron chi connectivity index (χ0n) is 17.9. The van der Waals surface area contributed by atoms with Crippen molar-refractivity contribution in [1.29, 1.82) is 0 Å². The first-order valence-corrected chi connectivity index (χ1v) is 11.3. The maximum Gasteiger partial charge on any atom is 0.268 e. The summed E-state index contributed by atoms with van der Waals surface area (Å²) in [7, 11) is -1.02. The summed E-state index contributed by atoms with van der Waals surface area (Å²) in [4.78, 5) is 12.8. The Hall–Kier alpha value is -3.11. The second kappa shape index (κ2) is 9.17. The molecule has 1 heterocycles. The molecule has 8 nitrogen and oxygen atoms in total. The Labute approximate surface area is 190 Å². The Morgan fingerprint density at radius 2 is 1.88 bits per heavy atom. The van der Waals surface area contributed by atoms with Crippen LogP contribution in [-0.4, -0.2) is 37.8 Å². The van der Waals surface area contributed by atoms with Crippen molar-refractivity contribution in [3.63, 3.8) is 0 Å². The molecule has 1 aromatic heterocycles. The van der Waals surface area contributed by atoms with Crippen LogP contribution in [0.4, 0.5) is 15.8 Å². The van der Waals surface area contributed by atoms with E-state index in [1.165, 1.54) is 23.9 Å². The topological polar surface area (TPSA) is 93.5 Å². The van der Waals surface area contributed by atoms with Gasteiger partial charge in [0.1, 0.15) is 23.0 Å². The van der Waals surface area contributed by atoms with Gasteiger partial charge >= 0.3 is 0 Å². The van der Waals surface area contributed by atoms with Gasteiger partial charge < -0.3 is 10.1 Å². The Morgan fingerprint density at radius 3 is 2.41 bits per heavy atom. The minimum Gasteiger partial charge on any atom is -0.497 e. The van der Waals surface area contributed by atoms with E-state index in [0.717, 1.165) is 10.4 Å². The molecule has 0 radical (unpaired) electrons. The molecule has 32 heavy (non-hydrogen) atoms. The van der Waals surface area contributed by atoms with E-state index in [1.54, 1.807) is 45.2 Å². The van der Waals surface area contributed by atoms with Crippen molar-refractivity contribution in [2.24, 2.45) is 7.05 Å². The fourth-order valence-electron chi connectivity index (χ4n) is 3.21. The highest BCUT2D eigenvalue weighted by atomic mass is 35.5. The van der Waals surface area contributed by atoms with Crippen LogP contribution < -0.4 is 14.4 Å². The first-order valence-electron chi connectivity index (χ1n) is 9.46. The SMILES string of the molecule is COc1ccc(N(CC(=O)Nc2ccc(F)c(Cl)c2)S(=O)(=O)c2c(C)nn(C)c2C)cc1. The summed E-state index contributed by atoms with van der Waals surface area (Å²) >= 11 is 5.76. The molecule has 0 saturated heterocycles. The molecule has 3 rings (SSSR count). The largest absolute Gasteiger partial charge is 0.497 e. The Balaban J connectivity index is 2.00. The predicted octanol–water partition coefficient (Wildman–Crippen LogP) is 3.67. The van der Waals surface area contributed by atoms with Gasteiger partial charge in [0.2, 0.25) is 5.91 Å². The lowest BCUT2D eigenvalue weighted by atomic mass is 10.3. The van der Waals surface area contributed by atoms with E-state index in [-0.39, 0.29) is 21.3 Å². The minimum atomic E-state index is -4.15. The molecule has 0 fully saturated rings. The van der Waals surface area contributed by atoms with E-state index < -0.39 is 28.3 Å². The molecule has 0 spiro atoms. The first kappa shape index (κ1) is 23.6. The van der Waals surface area contributed by atoms with Gasteiger partial charge in [-0.1, -0.05) is 11.6 Å². The molecule has 0 bridgehead atoms. The van der Waals surface area contributed by atoms with Crippen molar-refractivity contribution in [1.82, 2.24) is 9.78 Å². The number of hydrogen-bond donors (Lipinski definition) is 1. The van der Waals surface area contributed by atoms with E-state index in [0.29, 0.717) is 17.1 Å². The number of amides is 1. The van der Waals surface area contributed by atoms with Gasteiger partial charge in [0.05, 0.1) is 29.2 Å². The van der Waals surface area contributed by atoms with E-state index in [2.05, 4.69) is 10.4 Å². The van der Waals surface area contributed by atoms with Gasteiger partial charge in [0, 0.05) is 12.7 Å². The summed E-state index contributed by atoms with van der Waals surface area (Å²) in [6.45, 7) is 2.70. The highest BCUT2D eigenvalue weighted by Crippen LogP contribution is 2.29. The number of methoxy groups -OCH3 is 1. The third-order valence-corrected chi connectivity index (χ3v) is 7.16. The first-order chi connectivity index (χ1) is 15.0. The number of rotatable bonds is 7. The quantitative estimate of drug-likeness (QED) is 0.557. The van der Waals surface area contributed by atoms with E-state index in [4.69, 9.17) is 16.3 Å². The van der Waals surface area contributed by atoms with Crippen LogP contribution in [0.25, 0.3) is 0 Å². The van der Waals surface area contributed by atoms with Crippen molar-refractivity contribution in [3.8, 4) is 5.75 Å². The molecule has 1 N–H and O–H groups in total. The number of carbonyl (C=O) groups is 1. The summed E-state index contributed by atoms with van der Waals surface area (Å²) in [6.07, 6.45) is 0. The van der Waals surface area contributed by atoms with Gasteiger partial charge in [-0.3, -0.25) is 13.8 Å². The summed E-state index contributed by atoms with van der Waals surface area (Å²) < 4.78 is 48.2. The number of benzene rings is 2. The van der Waals surface area contributed by atoms with Gasteiger partial charge in [-0.25, -0.2) is 12.8 Å². The number of aromatic nitrogens is 2. The molecule has 3 aromatic rings. The maximum absolute atomic E-state index is 13.6. The zero-order chi connectivity index (χ0) is 23.6. The molecule has 0 atom stereocenters. The molecule has 0 unspecified atom stereocenters. The van der Waals surface area contributed by atoms with Crippen LogP contribution in [0.15, 0.2) is 47.4 Å². The minimum absolute atomic E-state index is 0.0217. The molecule has 2 aromatic carbocycles. The average molecular weight is 481 g/mol. The van der Waals surface area contributed by atoms with Crippen LogP contribution in [-0.2, 0) is 21.9 Å². The summed E-state index contributed by atoms with van der Waals surface area (Å²) in [5.41, 5.74) is 1.25. The summed E-state index contributed by atoms with van der Waals surface area (Å²) in [6, 6.07) is 9.96. The average Bonchev–Trinajstić information content (AvgIpc) is 3.01. The highest BCUT2D eigenvalue weighted by Gasteiger charge is 2.32.